The highest BCUT2D eigenvalue weighted by Gasteiger charge is 2.29. The fraction of sp³-hybridized carbons (Fsp3) is 0.300. The molecule has 2 nitrogen and oxygen atoms in total. The SMILES string of the molecule is CC(C)(C#N)c1c(F)ccc(O)c1F. The molecule has 0 heterocycles. The molecule has 1 rings (SSSR count). The monoisotopic (exact) mass is 197 g/mol. The van der Waals surface area contributed by atoms with Gasteiger partial charge in [0.25, 0.3) is 0 Å². The van der Waals surface area contributed by atoms with Crippen LogP contribution in [0.2, 0.25) is 0 Å². The summed E-state index contributed by atoms with van der Waals surface area (Å²) in [6, 6.07) is 3.63. The minimum absolute atomic E-state index is 0.403. The number of aromatic hydroxyl groups is 1. The standard InChI is InChI=1S/C10H9F2NO/c1-10(2,5-13)8-6(11)3-4-7(14)9(8)12/h3-4,14H,1-2H3. The maximum atomic E-state index is 13.3. The van der Waals surface area contributed by atoms with Crippen LogP contribution < -0.4 is 0 Å². The zero-order valence-electron chi connectivity index (χ0n) is 7.81. The number of phenolic OH excluding ortho intramolecular Hbond substituents is 1. The lowest BCUT2D eigenvalue weighted by Crippen LogP contribution is -2.18. The van der Waals surface area contributed by atoms with Gasteiger partial charge in [0.05, 0.1) is 11.5 Å². The lowest BCUT2D eigenvalue weighted by atomic mass is 9.85. The van der Waals surface area contributed by atoms with E-state index in [0.717, 1.165) is 12.1 Å². The van der Waals surface area contributed by atoms with E-state index in [2.05, 4.69) is 0 Å². The van der Waals surface area contributed by atoms with Crippen molar-refractivity contribution in [1.29, 1.82) is 5.26 Å². The summed E-state index contributed by atoms with van der Waals surface area (Å²) in [6.45, 7) is 2.77. The summed E-state index contributed by atoms with van der Waals surface area (Å²) in [7, 11) is 0. The van der Waals surface area contributed by atoms with Crippen LogP contribution in [0.5, 0.6) is 5.75 Å². The van der Waals surface area contributed by atoms with Crippen LogP contribution in [0, 0.1) is 23.0 Å². The molecule has 0 unspecified atom stereocenters. The second-order valence-electron chi connectivity index (χ2n) is 3.49. The molecule has 1 aromatic carbocycles. The van der Waals surface area contributed by atoms with E-state index in [1.165, 1.54) is 13.8 Å². The summed E-state index contributed by atoms with van der Waals surface area (Å²) >= 11 is 0. The first kappa shape index (κ1) is 10.5. The van der Waals surface area contributed by atoms with E-state index in [1.54, 1.807) is 6.07 Å². The molecule has 0 spiro atoms. The quantitative estimate of drug-likeness (QED) is 0.751. The predicted octanol–water partition coefficient (Wildman–Crippen LogP) is 2.47. The molecule has 4 heteroatoms. The highest BCUT2D eigenvalue weighted by Crippen LogP contribution is 2.31. The number of halogens is 2. The fourth-order valence-corrected chi connectivity index (χ4v) is 1.17. The third-order valence-corrected chi connectivity index (χ3v) is 1.98. The van der Waals surface area contributed by atoms with Crippen molar-refractivity contribution in [3.63, 3.8) is 0 Å². The van der Waals surface area contributed by atoms with E-state index in [-0.39, 0.29) is 0 Å². The molecular formula is C10H9F2NO. The van der Waals surface area contributed by atoms with E-state index in [4.69, 9.17) is 10.4 Å². The predicted molar refractivity (Wildman–Crippen MR) is 46.7 cm³/mol. The third-order valence-electron chi connectivity index (χ3n) is 1.98. The Labute approximate surface area is 80.4 Å². The zero-order valence-corrected chi connectivity index (χ0v) is 7.81. The van der Waals surface area contributed by atoms with Crippen molar-refractivity contribution >= 4 is 0 Å². The average Bonchev–Trinajstić information content (AvgIpc) is 2.12. The number of nitrogens with zero attached hydrogens (tertiary/aromatic N) is 1. The van der Waals surface area contributed by atoms with E-state index >= 15 is 0 Å². The van der Waals surface area contributed by atoms with Gasteiger partial charge in [0.2, 0.25) is 0 Å². The average molecular weight is 197 g/mol. The highest BCUT2D eigenvalue weighted by molar-refractivity contribution is 5.39. The molecular weight excluding hydrogens is 188 g/mol. The number of nitriles is 1. The molecule has 1 N–H and O–H groups in total. The van der Waals surface area contributed by atoms with E-state index in [0.29, 0.717) is 0 Å². The summed E-state index contributed by atoms with van der Waals surface area (Å²) in [5.74, 6) is -2.55. The van der Waals surface area contributed by atoms with Gasteiger partial charge in [-0.05, 0) is 26.0 Å². The van der Waals surface area contributed by atoms with Crippen molar-refractivity contribution < 1.29 is 13.9 Å². The van der Waals surface area contributed by atoms with Crippen LogP contribution in [0.3, 0.4) is 0 Å². The Morgan fingerprint density at radius 1 is 1.36 bits per heavy atom. The number of hydrogen-bond acceptors (Lipinski definition) is 2. The lowest BCUT2D eigenvalue weighted by molar-refractivity contribution is 0.412. The molecule has 1 aromatic rings. The van der Waals surface area contributed by atoms with Crippen molar-refractivity contribution in [2.24, 2.45) is 0 Å². The maximum absolute atomic E-state index is 13.3. The molecule has 0 aliphatic rings. The Bertz CT molecular complexity index is 407. The molecule has 0 saturated carbocycles. The van der Waals surface area contributed by atoms with Gasteiger partial charge < -0.3 is 5.11 Å². The maximum Gasteiger partial charge on any atom is 0.172 e. The number of benzene rings is 1. The lowest BCUT2D eigenvalue weighted by Gasteiger charge is -2.17. The third kappa shape index (κ3) is 1.53. The summed E-state index contributed by atoms with van der Waals surface area (Å²) in [6.07, 6.45) is 0. The number of phenols is 1. The van der Waals surface area contributed by atoms with Gasteiger partial charge in [-0.15, -0.1) is 0 Å². The van der Waals surface area contributed by atoms with E-state index in [9.17, 15) is 8.78 Å². The van der Waals surface area contributed by atoms with E-state index < -0.39 is 28.4 Å². The second-order valence-corrected chi connectivity index (χ2v) is 3.49. The van der Waals surface area contributed by atoms with Gasteiger partial charge in [-0.25, -0.2) is 8.78 Å². The minimum Gasteiger partial charge on any atom is -0.505 e. The first-order valence-corrected chi connectivity index (χ1v) is 3.99. The van der Waals surface area contributed by atoms with Gasteiger partial charge in [-0.3, -0.25) is 0 Å². The molecule has 0 amide bonds. The Hall–Kier alpha value is -1.63. The summed E-state index contributed by atoms with van der Waals surface area (Å²) in [5.41, 5.74) is -1.70. The van der Waals surface area contributed by atoms with Gasteiger partial charge in [0.1, 0.15) is 5.82 Å². The van der Waals surface area contributed by atoms with Crippen LogP contribution >= 0.6 is 0 Å². The smallest absolute Gasteiger partial charge is 0.172 e. The Balaban J connectivity index is 3.49. The molecule has 0 aliphatic heterocycles. The summed E-state index contributed by atoms with van der Waals surface area (Å²) in [4.78, 5) is 0. The molecule has 0 atom stereocenters. The Kier molecular flexibility index (Phi) is 2.43. The van der Waals surface area contributed by atoms with Crippen LogP contribution in [0.4, 0.5) is 8.78 Å². The van der Waals surface area contributed by atoms with Crippen molar-refractivity contribution in [2.45, 2.75) is 19.3 Å². The topological polar surface area (TPSA) is 44.0 Å². The van der Waals surface area contributed by atoms with Crippen molar-refractivity contribution in [1.82, 2.24) is 0 Å². The van der Waals surface area contributed by atoms with Crippen molar-refractivity contribution in [2.75, 3.05) is 0 Å². The Morgan fingerprint density at radius 2 is 1.93 bits per heavy atom. The zero-order chi connectivity index (χ0) is 10.9. The fourth-order valence-electron chi connectivity index (χ4n) is 1.17. The number of rotatable bonds is 1. The van der Waals surface area contributed by atoms with Gasteiger partial charge in [-0.2, -0.15) is 5.26 Å². The van der Waals surface area contributed by atoms with Crippen molar-refractivity contribution in [3.05, 3.63) is 29.3 Å². The molecule has 0 saturated heterocycles. The van der Waals surface area contributed by atoms with Gasteiger partial charge in [0, 0.05) is 5.56 Å². The first-order valence-electron chi connectivity index (χ1n) is 3.99. The Morgan fingerprint density at radius 3 is 2.43 bits per heavy atom. The summed E-state index contributed by atoms with van der Waals surface area (Å²) in [5, 5.41) is 17.8. The normalized spacial score (nSPS) is 11.1. The summed E-state index contributed by atoms with van der Waals surface area (Å²) < 4.78 is 26.5. The van der Waals surface area contributed by atoms with Gasteiger partial charge in [0.15, 0.2) is 11.6 Å². The molecule has 14 heavy (non-hydrogen) atoms. The van der Waals surface area contributed by atoms with Crippen molar-refractivity contribution in [3.8, 4) is 11.8 Å². The van der Waals surface area contributed by atoms with Gasteiger partial charge >= 0.3 is 0 Å². The van der Waals surface area contributed by atoms with Crippen LogP contribution in [-0.4, -0.2) is 5.11 Å². The molecule has 74 valence electrons. The molecule has 0 bridgehead atoms. The molecule has 0 fully saturated rings. The molecule has 0 aliphatic carbocycles. The molecule has 0 radical (unpaired) electrons. The van der Waals surface area contributed by atoms with E-state index in [1.807, 2.05) is 0 Å². The number of hydrogen-bond donors (Lipinski definition) is 1. The minimum atomic E-state index is -1.30. The first-order chi connectivity index (χ1) is 6.40. The van der Waals surface area contributed by atoms with Crippen LogP contribution in [0.15, 0.2) is 12.1 Å². The van der Waals surface area contributed by atoms with Crippen LogP contribution in [0.25, 0.3) is 0 Å². The van der Waals surface area contributed by atoms with Crippen LogP contribution in [0.1, 0.15) is 19.4 Å². The van der Waals surface area contributed by atoms with Gasteiger partial charge in [-0.1, -0.05) is 0 Å². The highest BCUT2D eigenvalue weighted by atomic mass is 19.1. The largest absolute Gasteiger partial charge is 0.505 e. The second kappa shape index (κ2) is 3.26. The molecule has 0 aromatic heterocycles. The van der Waals surface area contributed by atoms with Crippen LogP contribution in [-0.2, 0) is 5.41 Å².